The number of amides is 2. The van der Waals surface area contributed by atoms with Crippen LogP contribution in [0.15, 0.2) is 18.2 Å². The number of likely N-dealkylation sites (N-methyl/N-ethyl adjacent to an activating group) is 1. The number of nitrogens with zero attached hydrogens (tertiary/aromatic N) is 1. The van der Waals surface area contributed by atoms with Crippen molar-refractivity contribution >= 4 is 6.03 Å². The zero-order valence-electron chi connectivity index (χ0n) is 13.6. The molecule has 2 N–H and O–H groups in total. The SMILES string of the molecule is Cc1ccc(OCNC(=O)N(C)CCO)c(C(C)(C)C)c1. The number of aliphatic hydroxyl groups excluding tert-OH is 1. The maximum absolute atomic E-state index is 11.7. The van der Waals surface area contributed by atoms with Crippen LogP contribution in [0.3, 0.4) is 0 Å². The van der Waals surface area contributed by atoms with E-state index >= 15 is 0 Å². The topological polar surface area (TPSA) is 61.8 Å². The van der Waals surface area contributed by atoms with Gasteiger partial charge in [0.05, 0.1) is 6.61 Å². The van der Waals surface area contributed by atoms with Crippen molar-refractivity contribution in [3.63, 3.8) is 0 Å². The molecule has 21 heavy (non-hydrogen) atoms. The molecule has 0 spiro atoms. The van der Waals surface area contributed by atoms with Gasteiger partial charge in [0.15, 0.2) is 6.73 Å². The van der Waals surface area contributed by atoms with Gasteiger partial charge in [-0.1, -0.05) is 38.5 Å². The number of benzene rings is 1. The Kier molecular flexibility index (Phi) is 6.03. The average Bonchev–Trinajstić information content (AvgIpc) is 2.39. The molecule has 0 heterocycles. The second kappa shape index (κ2) is 7.31. The zero-order valence-corrected chi connectivity index (χ0v) is 13.6. The van der Waals surface area contributed by atoms with Gasteiger partial charge in [-0.2, -0.15) is 0 Å². The average molecular weight is 294 g/mol. The molecule has 5 heteroatoms. The number of carbonyl (C=O) groups is 1. The van der Waals surface area contributed by atoms with Crippen LogP contribution < -0.4 is 10.1 Å². The maximum Gasteiger partial charge on any atom is 0.319 e. The predicted molar refractivity (Wildman–Crippen MR) is 83.6 cm³/mol. The molecule has 0 bridgehead atoms. The van der Waals surface area contributed by atoms with Crippen molar-refractivity contribution in [1.82, 2.24) is 10.2 Å². The number of rotatable bonds is 5. The molecule has 1 aromatic rings. The van der Waals surface area contributed by atoms with E-state index in [4.69, 9.17) is 9.84 Å². The van der Waals surface area contributed by atoms with Crippen LogP contribution in [0, 0.1) is 6.92 Å². The van der Waals surface area contributed by atoms with Gasteiger partial charge in [0.25, 0.3) is 0 Å². The lowest BCUT2D eigenvalue weighted by molar-refractivity contribution is 0.179. The number of hydrogen-bond donors (Lipinski definition) is 2. The number of hydrogen-bond acceptors (Lipinski definition) is 3. The molecule has 0 aliphatic carbocycles. The molecule has 118 valence electrons. The quantitative estimate of drug-likeness (QED) is 0.819. The lowest BCUT2D eigenvalue weighted by atomic mass is 9.85. The van der Waals surface area contributed by atoms with Crippen LogP contribution in [-0.2, 0) is 5.41 Å². The Morgan fingerprint density at radius 3 is 2.62 bits per heavy atom. The lowest BCUT2D eigenvalue weighted by Gasteiger charge is -2.24. The highest BCUT2D eigenvalue weighted by Gasteiger charge is 2.19. The van der Waals surface area contributed by atoms with Crippen LogP contribution in [0.1, 0.15) is 31.9 Å². The third-order valence-corrected chi connectivity index (χ3v) is 3.18. The molecule has 0 aromatic heterocycles. The molecule has 0 radical (unpaired) electrons. The minimum atomic E-state index is -0.270. The second-order valence-corrected chi connectivity index (χ2v) is 6.17. The lowest BCUT2D eigenvalue weighted by Crippen LogP contribution is -2.40. The predicted octanol–water partition coefficient (Wildman–Crippen LogP) is 2.26. The summed E-state index contributed by atoms with van der Waals surface area (Å²) in [6, 6.07) is 5.76. The van der Waals surface area contributed by atoms with E-state index in [1.165, 1.54) is 10.5 Å². The van der Waals surface area contributed by atoms with Gasteiger partial charge >= 0.3 is 6.03 Å². The molecule has 5 nitrogen and oxygen atoms in total. The highest BCUT2D eigenvalue weighted by atomic mass is 16.5. The summed E-state index contributed by atoms with van der Waals surface area (Å²) in [7, 11) is 1.62. The second-order valence-electron chi connectivity index (χ2n) is 6.17. The molecule has 0 atom stereocenters. The summed E-state index contributed by atoms with van der Waals surface area (Å²) in [5.41, 5.74) is 2.26. The van der Waals surface area contributed by atoms with Crippen LogP contribution in [0.5, 0.6) is 5.75 Å². The molecule has 0 fully saturated rings. The first-order chi connectivity index (χ1) is 9.75. The molecule has 2 amide bonds. The summed E-state index contributed by atoms with van der Waals surface area (Å²) >= 11 is 0. The van der Waals surface area contributed by atoms with Crippen LogP contribution >= 0.6 is 0 Å². The monoisotopic (exact) mass is 294 g/mol. The minimum Gasteiger partial charge on any atom is -0.473 e. The smallest absolute Gasteiger partial charge is 0.319 e. The highest BCUT2D eigenvalue weighted by molar-refractivity contribution is 5.73. The Balaban J connectivity index is 2.66. The van der Waals surface area contributed by atoms with Gasteiger partial charge in [-0.05, 0) is 24.0 Å². The molecule has 0 aliphatic heterocycles. The van der Waals surface area contributed by atoms with E-state index in [9.17, 15) is 4.79 Å². The minimum absolute atomic E-state index is 0.0287. The molecule has 0 unspecified atom stereocenters. The van der Waals surface area contributed by atoms with Gasteiger partial charge in [-0.15, -0.1) is 0 Å². The largest absolute Gasteiger partial charge is 0.473 e. The van der Waals surface area contributed by atoms with E-state index in [0.29, 0.717) is 6.54 Å². The van der Waals surface area contributed by atoms with Crippen molar-refractivity contribution in [3.8, 4) is 5.75 Å². The van der Waals surface area contributed by atoms with Crippen molar-refractivity contribution in [1.29, 1.82) is 0 Å². The molecule has 1 rings (SSSR count). The maximum atomic E-state index is 11.7. The standard InChI is InChI=1S/C16H26N2O3/c1-12-6-7-14(13(10-12)16(2,3)4)21-11-17-15(20)18(5)8-9-19/h6-7,10,19H,8-9,11H2,1-5H3,(H,17,20). The summed E-state index contributed by atoms with van der Waals surface area (Å²) in [4.78, 5) is 13.1. The molecule has 1 aromatic carbocycles. The van der Waals surface area contributed by atoms with Crippen LogP contribution in [0.4, 0.5) is 4.79 Å². The van der Waals surface area contributed by atoms with E-state index in [1.807, 2.05) is 19.1 Å². The van der Waals surface area contributed by atoms with Crippen molar-refractivity contribution in [2.24, 2.45) is 0 Å². The van der Waals surface area contributed by atoms with Crippen LogP contribution in [0.2, 0.25) is 0 Å². The normalized spacial score (nSPS) is 11.1. The van der Waals surface area contributed by atoms with Gasteiger partial charge in [-0.3, -0.25) is 0 Å². The summed E-state index contributed by atoms with van der Waals surface area (Å²) in [5, 5.41) is 11.5. The molecule has 0 saturated heterocycles. The number of carbonyl (C=O) groups excluding carboxylic acids is 1. The first-order valence-electron chi connectivity index (χ1n) is 7.09. The summed E-state index contributed by atoms with van der Waals surface area (Å²) in [6.45, 7) is 8.76. The Labute approximate surface area is 126 Å². The molecule has 0 aliphatic rings. The van der Waals surface area contributed by atoms with Crippen molar-refractivity contribution in [2.75, 3.05) is 26.9 Å². The van der Waals surface area contributed by atoms with Crippen LogP contribution in [-0.4, -0.2) is 43.0 Å². The van der Waals surface area contributed by atoms with Crippen LogP contribution in [0.25, 0.3) is 0 Å². The van der Waals surface area contributed by atoms with Gasteiger partial charge < -0.3 is 20.1 Å². The molecule has 0 saturated carbocycles. The van der Waals surface area contributed by atoms with E-state index < -0.39 is 0 Å². The van der Waals surface area contributed by atoms with Gasteiger partial charge in [0.1, 0.15) is 5.75 Å². The summed E-state index contributed by atoms with van der Waals surface area (Å²) < 4.78 is 5.70. The Bertz CT molecular complexity index is 481. The van der Waals surface area contributed by atoms with Crippen molar-refractivity contribution in [2.45, 2.75) is 33.1 Å². The Hall–Kier alpha value is -1.75. The fourth-order valence-electron chi connectivity index (χ4n) is 1.92. The number of aryl methyl sites for hydroxylation is 1. The third kappa shape index (κ3) is 5.27. The highest BCUT2D eigenvalue weighted by Crippen LogP contribution is 2.31. The number of aliphatic hydroxyl groups is 1. The molecular weight excluding hydrogens is 268 g/mol. The summed E-state index contributed by atoms with van der Waals surface area (Å²) in [5.74, 6) is 0.776. The van der Waals surface area contributed by atoms with E-state index in [-0.39, 0.29) is 24.8 Å². The number of nitrogens with one attached hydrogen (secondary N) is 1. The summed E-state index contributed by atoms with van der Waals surface area (Å²) in [6.07, 6.45) is 0. The first-order valence-corrected chi connectivity index (χ1v) is 7.09. The fourth-order valence-corrected chi connectivity index (χ4v) is 1.92. The number of urea groups is 1. The first kappa shape index (κ1) is 17.3. The Morgan fingerprint density at radius 2 is 2.05 bits per heavy atom. The van der Waals surface area contributed by atoms with E-state index in [0.717, 1.165) is 11.3 Å². The van der Waals surface area contributed by atoms with E-state index in [2.05, 4.69) is 32.2 Å². The van der Waals surface area contributed by atoms with Gasteiger partial charge in [0, 0.05) is 13.6 Å². The number of ether oxygens (including phenoxy) is 1. The van der Waals surface area contributed by atoms with Crippen molar-refractivity contribution < 1.29 is 14.6 Å². The van der Waals surface area contributed by atoms with Gasteiger partial charge in [-0.25, -0.2) is 4.79 Å². The Morgan fingerprint density at radius 1 is 1.38 bits per heavy atom. The third-order valence-electron chi connectivity index (χ3n) is 3.18. The zero-order chi connectivity index (χ0) is 16.0. The van der Waals surface area contributed by atoms with E-state index in [1.54, 1.807) is 7.05 Å². The van der Waals surface area contributed by atoms with Gasteiger partial charge in [0.2, 0.25) is 0 Å². The fraction of sp³-hybridized carbons (Fsp3) is 0.562. The molecular formula is C16H26N2O3. The van der Waals surface area contributed by atoms with Crippen molar-refractivity contribution in [3.05, 3.63) is 29.3 Å².